The summed E-state index contributed by atoms with van der Waals surface area (Å²) < 4.78 is 0. The second-order valence-electron chi connectivity index (χ2n) is 3.30. The summed E-state index contributed by atoms with van der Waals surface area (Å²) in [5.41, 5.74) is 1.20. The maximum Gasteiger partial charge on any atom is 0.159 e. The summed E-state index contributed by atoms with van der Waals surface area (Å²) in [6.45, 7) is 0. The SMILES string of the molecule is O=Cc1cnc(-c2cccc(N(O)O)c2)nc1. The number of hydrogen-bond acceptors (Lipinski definition) is 6. The molecule has 0 aliphatic rings. The van der Waals surface area contributed by atoms with Crippen LogP contribution in [0.3, 0.4) is 0 Å². The first-order valence-electron chi connectivity index (χ1n) is 4.76. The van der Waals surface area contributed by atoms with Crippen molar-refractivity contribution in [3.8, 4) is 11.4 Å². The fourth-order valence-electron chi connectivity index (χ4n) is 1.32. The quantitative estimate of drug-likeness (QED) is 0.615. The van der Waals surface area contributed by atoms with Gasteiger partial charge in [0.2, 0.25) is 0 Å². The summed E-state index contributed by atoms with van der Waals surface area (Å²) in [5.74, 6) is 0.402. The van der Waals surface area contributed by atoms with Crippen LogP contribution >= 0.6 is 0 Å². The van der Waals surface area contributed by atoms with Crippen molar-refractivity contribution < 1.29 is 15.2 Å². The summed E-state index contributed by atoms with van der Waals surface area (Å²) >= 11 is 0. The Bertz CT molecular complexity index is 526. The molecule has 0 aliphatic carbocycles. The molecule has 0 spiro atoms. The summed E-state index contributed by atoms with van der Waals surface area (Å²) in [4.78, 5) is 18.4. The minimum atomic E-state index is 0.0172. The van der Waals surface area contributed by atoms with E-state index in [1.807, 2.05) is 0 Å². The minimum absolute atomic E-state index is 0.0172. The zero-order valence-corrected chi connectivity index (χ0v) is 8.69. The maximum absolute atomic E-state index is 10.4. The van der Waals surface area contributed by atoms with Gasteiger partial charge in [-0.3, -0.25) is 15.2 Å². The standard InChI is InChI=1S/C11H9N3O3/c15-7-8-5-12-11(13-6-8)9-2-1-3-10(4-9)14(16)17/h1-7,16-17H. The first kappa shape index (κ1) is 11.2. The van der Waals surface area contributed by atoms with E-state index in [2.05, 4.69) is 9.97 Å². The van der Waals surface area contributed by atoms with Crippen LogP contribution in [0.25, 0.3) is 11.4 Å². The number of nitrogens with zero attached hydrogens (tertiary/aromatic N) is 3. The number of hydrogen-bond donors (Lipinski definition) is 2. The van der Waals surface area contributed by atoms with Crippen LogP contribution in [-0.2, 0) is 0 Å². The molecule has 6 heteroatoms. The van der Waals surface area contributed by atoms with E-state index in [0.29, 0.717) is 23.2 Å². The van der Waals surface area contributed by atoms with Gasteiger partial charge in [-0.1, -0.05) is 12.1 Å². The van der Waals surface area contributed by atoms with Crippen molar-refractivity contribution >= 4 is 12.0 Å². The number of benzene rings is 1. The first-order valence-corrected chi connectivity index (χ1v) is 4.76. The van der Waals surface area contributed by atoms with Crippen LogP contribution in [0.2, 0.25) is 0 Å². The van der Waals surface area contributed by atoms with Gasteiger partial charge in [0.05, 0.1) is 11.3 Å². The molecule has 0 atom stereocenters. The average molecular weight is 231 g/mol. The average Bonchev–Trinajstić information content (AvgIpc) is 2.39. The first-order chi connectivity index (χ1) is 8.20. The molecule has 0 radical (unpaired) electrons. The number of anilines is 1. The molecule has 0 amide bonds. The second-order valence-corrected chi connectivity index (χ2v) is 3.30. The molecule has 0 saturated carbocycles. The molecule has 0 saturated heterocycles. The van der Waals surface area contributed by atoms with Crippen molar-refractivity contribution in [1.82, 2.24) is 9.97 Å². The molecule has 0 fully saturated rings. The Hall–Kier alpha value is -2.31. The van der Waals surface area contributed by atoms with E-state index in [1.165, 1.54) is 24.5 Å². The third-order valence-electron chi connectivity index (χ3n) is 2.14. The van der Waals surface area contributed by atoms with Crippen molar-refractivity contribution in [2.45, 2.75) is 0 Å². The molecule has 1 heterocycles. The second kappa shape index (κ2) is 4.69. The van der Waals surface area contributed by atoms with Gasteiger partial charge in [0.25, 0.3) is 0 Å². The molecule has 0 unspecified atom stereocenters. The third-order valence-corrected chi connectivity index (χ3v) is 2.14. The van der Waals surface area contributed by atoms with Crippen molar-refractivity contribution in [3.05, 3.63) is 42.2 Å². The zero-order chi connectivity index (χ0) is 12.3. The van der Waals surface area contributed by atoms with E-state index in [4.69, 9.17) is 10.4 Å². The lowest BCUT2D eigenvalue weighted by Gasteiger charge is -2.08. The highest BCUT2D eigenvalue weighted by Gasteiger charge is 2.04. The number of aromatic nitrogens is 2. The Morgan fingerprint density at radius 3 is 2.47 bits per heavy atom. The van der Waals surface area contributed by atoms with Gasteiger partial charge in [0, 0.05) is 18.0 Å². The van der Waals surface area contributed by atoms with E-state index in [0.717, 1.165) is 0 Å². The van der Waals surface area contributed by atoms with Crippen molar-refractivity contribution in [1.29, 1.82) is 0 Å². The third kappa shape index (κ3) is 2.44. The number of carbonyl (C=O) groups excluding carboxylic acids is 1. The molecule has 6 nitrogen and oxygen atoms in total. The highest BCUT2D eigenvalue weighted by atomic mass is 16.8. The predicted octanol–water partition coefficient (Wildman–Crippen LogP) is 1.54. The largest absolute Gasteiger partial charge is 0.298 e. The van der Waals surface area contributed by atoms with E-state index in [9.17, 15) is 4.79 Å². The zero-order valence-electron chi connectivity index (χ0n) is 8.69. The van der Waals surface area contributed by atoms with Crippen LogP contribution in [0.5, 0.6) is 0 Å². The summed E-state index contributed by atoms with van der Waals surface area (Å²) in [5, 5.41) is 17.8. The molecule has 2 rings (SSSR count). The predicted molar refractivity (Wildman–Crippen MR) is 58.9 cm³/mol. The lowest BCUT2D eigenvalue weighted by atomic mass is 10.2. The lowest BCUT2D eigenvalue weighted by Crippen LogP contribution is -2.10. The van der Waals surface area contributed by atoms with Gasteiger partial charge in [-0.15, -0.1) is 5.23 Å². The van der Waals surface area contributed by atoms with Gasteiger partial charge >= 0.3 is 0 Å². The molecule has 2 N–H and O–H groups in total. The van der Waals surface area contributed by atoms with Gasteiger partial charge in [0.15, 0.2) is 12.1 Å². The van der Waals surface area contributed by atoms with Crippen LogP contribution in [0, 0.1) is 0 Å². The number of rotatable bonds is 3. The van der Waals surface area contributed by atoms with E-state index in [1.54, 1.807) is 12.1 Å². The highest BCUT2D eigenvalue weighted by Crippen LogP contribution is 2.20. The monoisotopic (exact) mass is 231 g/mol. The van der Waals surface area contributed by atoms with Crippen LogP contribution < -0.4 is 5.23 Å². The van der Waals surface area contributed by atoms with E-state index in [-0.39, 0.29) is 10.9 Å². The summed E-state index contributed by atoms with van der Waals surface area (Å²) in [6.07, 6.45) is 3.46. The Balaban J connectivity index is 2.38. The summed E-state index contributed by atoms with van der Waals surface area (Å²) in [7, 11) is 0. The molecular weight excluding hydrogens is 222 g/mol. The van der Waals surface area contributed by atoms with Gasteiger partial charge in [-0.2, -0.15) is 0 Å². The molecule has 2 aromatic rings. The molecule has 0 bridgehead atoms. The van der Waals surface area contributed by atoms with Crippen molar-refractivity contribution in [2.24, 2.45) is 0 Å². The molecule has 1 aromatic heterocycles. The maximum atomic E-state index is 10.4. The normalized spacial score (nSPS) is 10.0. The van der Waals surface area contributed by atoms with Crippen molar-refractivity contribution in [3.63, 3.8) is 0 Å². The number of aldehydes is 1. The molecular formula is C11H9N3O3. The molecule has 0 aliphatic heterocycles. The fraction of sp³-hybridized carbons (Fsp3) is 0. The molecule has 1 aromatic carbocycles. The topological polar surface area (TPSA) is 86.6 Å². The van der Waals surface area contributed by atoms with Crippen LogP contribution in [0.4, 0.5) is 5.69 Å². The van der Waals surface area contributed by atoms with Crippen LogP contribution in [0.15, 0.2) is 36.7 Å². The smallest absolute Gasteiger partial charge is 0.159 e. The van der Waals surface area contributed by atoms with E-state index >= 15 is 0 Å². The minimum Gasteiger partial charge on any atom is -0.298 e. The van der Waals surface area contributed by atoms with E-state index < -0.39 is 0 Å². The van der Waals surface area contributed by atoms with Crippen LogP contribution in [0.1, 0.15) is 10.4 Å². The van der Waals surface area contributed by atoms with Crippen LogP contribution in [-0.4, -0.2) is 26.7 Å². The Labute approximate surface area is 96.7 Å². The Kier molecular flexibility index (Phi) is 3.08. The Morgan fingerprint density at radius 1 is 1.18 bits per heavy atom. The molecule has 17 heavy (non-hydrogen) atoms. The van der Waals surface area contributed by atoms with Gasteiger partial charge < -0.3 is 0 Å². The fourth-order valence-corrected chi connectivity index (χ4v) is 1.32. The summed E-state index contributed by atoms with van der Waals surface area (Å²) in [6, 6.07) is 6.39. The van der Waals surface area contributed by atoms with Gasteiger partial charge in [-0.05, 0) is 12.1 Å². The highest BCUT2D eigenvalue weighted by molar-refractivity contribution is 5.74. The molecule has 86 valence electrons. The van der Waals surface area contributed by atoms with Crippen molar-refractivity contribution in [2.75, 3.05) is 5.23 Å². The number of carbonyl (C=O) groups is 1. The Morgan fingerprint density at radius 2 is 1.88 bits per heavy atom. The van der Waals surface area contributed by atoms with Gasteiger partial charge in [0.1, 0.15) is 0 Å². The van der Waals surface area contributed by atoms with Gasteiger partial charge in [-0.25, -0.2) is 9.97 Å². The lowest BCUT2D eigenvalue weighted by molar-refractivity contribution is 0.0292.